The molecule has 1 aliphatic heterocycles. The van der Waals surface area contributed by atoms with Crippen molar-refractivity contribution >= 4 is 11.3 Å². The van der Waals surface area contributed by atoms with E-state index in [9.17, 15) is 0 Å². The summed E-state index contributed by atoms with van der Waals surface area (Å²) < 4.78 is 0. The van der Waals surface area contributed by atoms with Gasteiger partial charge in [0.1, 0.15) is 0 Å². The summed E-state index contributed by atoms with van der Waals surface area (Å²) in [7, 11) is 0. The minimum atomic E-state index is 0.454. The van der Waals surface area contributed by atoms with Gasteiger partial charge in [0.15, 0.2) is 0 Å². The Morgan fingerprint density at radius 3 is 3.29 bits per heavy atom. The van der Waals surface area contributed by atoms with Crippen molar-refractivity contribution in [2.45, 2.75) is 25.2 Å². The summed E-state index contributed by atoms with van der Waals surface area (Å²) in [6.45, 7) is 5.09. The van der Waals surface area contributed by atoms with Crippen LogP contribution < -0.4 is 11.1 Å². The summed E-state index contributed by atoms with van der Waals surface area (Å²) in [5, 5.41) is 4.65. The Morgan fingerprint density at radius 1 is 1.79 bits per heavy atom. The van der Waals surface area contributed by atoms with Crippen molar-refractivity contribution in [3.8, 4) is 0 Å². The Hall–Kier alpha value is -0.450. The molecular weight excluding hydrogens is 194 g/mol. The molecule has 1 saturated heterocycles. The first-order valence-electron chi connectivity index (χ1n) is 5.17. The topological polar surface area (TPSA) is 50.9 Å². The van der Waals surface area contributed by atoms with Gasteiger partial charge in [-0.25, -0.2) is 4.98 Å². The molecule has 0 amide bonds. The molecule has 0 aromatic carbocycles. The Kier molecular flexibility index (Phi) is 3.15. The van der Waals surface area contributed by atoms with Gasteiger partial charge in [0.05, 0.1) is 5.01 Å². The number of rotatable bonds is 3. The molecule has 2 unspecified atom stereocenters. The SMILES string of the molecule is CC(CN)c1cnc(C2CCNC2)s1. The van der Waals surface area contributed by atoms with Crippen LogP contribution >= 0.6 is 11.3 Å². The summed E-state index contributed by atoms with van der Waals surface area (Å²) >= 11 is 1.83. The Balaban J connectivity index is 2.08. The van der Waals surface area contributed by atoms with E-state index < -0.39 is 0 Å². The molecule has 2 atom stereocenters. The molecule has 3 N–H and O–H groups in total. The van der Waals surface area contributed by atoms with Crippen molar-refractivity contribution in [2.75, 3.05) is 19.6 Å². The average Bonchev–Trinajstić information content (AvgIpc) is 2.86. The zero-order valence-corrected chi connectivity index (χ0v) is 9.31. The average molecular weight is 211 g/mol. The second kappa shape index (κ2) is 4.38. The third-order valence-corrected chi connectivity index (χ3v) is 4.18. The predicted octanol–water partition coefficient (Wildman–Crippen LogP) is 1.28. The number of nitrogens with zero attached hydrogens (tertiary/aromatic N) is 1. The van der Waals surface area contributed by atoms with Gasteiger partial charge in [0.25, 0.3) is 0 Å². The molecule has 1 fully saturated rings. The van der Waals surface area contributed by atoms with Gasteiger partial charge < -0.3 is 11.1 Å². The van der Waals surface area contributed by atoms with Crippen LogP contribution in [0.4, 0.5) is 0 Å². The van der Waals surface area contributed by atoms with E-state index in [1.54, 1.807) is 0 Å². The van der Waals surface area contributed by atoms with E-state index in [-0.39, 0.29) is 0 Å². The van der Waals surface area contributed by atoms with Gasteiger partial charge in [-0.2, -0.15) is 0 Å². The zero-order valence-electron chi connectivity index (χ0n) is 8.49. The van der Waals surface area contributed by atoms with Crippen LogP contribution in [-0.4, -0.2) is 24.6 Å². The molecule has 2 rings (SSSR count). The fourth-order valence-electron chi connectivity index (χ4n) is 1.70. The highest BCUT2D eigenvalue weighted by Gasteiger charge is 2.20. The van der Waals surface area contributed by atoms with Crippen LogP contribution in [0.25, 0.3) is 0 Å². The number of nitrogens with one attached hydrogen (secondary N) is 1. The smallest absolute Gasteiger partial charge is 0.0971 e. The minimum Gasteiger partial charge on any atom is -0.330 e. The zero-order chi connectivity index (χ0) is 9.97. The van der Waals surface area contributed by atoms with Gasteiger partial charge in [-0.1, -0.05) is 6.92 Å². The summed E-state index contributed by atoms with van der Waals surface area (Å²) in [4.78, 5) is 5.82. The highest BCUT2D eigenvalue weighted by molar-refractivity contribution is 7.11. The van der Waals surface area contributed by atoms with E-state index in [1.807, 2.05) is 17.5 Å². The maximum absolute atomic E-state index is 5.63. The molecule has 0 spiro atoms. The first kappa shape index (κ1) is 10.1. The predicted molar refractivity (Wildman–Crippen MR) is 59.8 cm³/mol. The van der Waals surface area contributed by atoms with Gasteiger partial charge in [0, 0.05) is 29.5 Å². The van der Waals surface area contributed by atoms with Crippen molar-refractivity contribution in [1.29, 1.82) is 0 Å². The van der Waals surface area contributed by atoms with Crippen molar-refractivity contribution in [3.63, 3.8) is 0 Å². The van der Waals surface area contributed by atoms with Crippen LogP contribution in [0.15, 0.2) is 6.20 Å². The molecule has 1 aromatic heterocycles. The fourth-order valence-corrected chi connectivity index (χ4v) is 2.82. The minimum absolute atomic E-state index is 0.454. The van der Waals surface area contributed by atoms with E-state index >= 15 is 0 Å². The van der Waals surface area contributed by atoms with Crippen LogP contribution in [0.1, 0.15) is 35.1 Å². The summed E-state index contributed by atoms with van der Waals surface area (Å²) in [5.74, 6) is 1.09. The van der Waals surface area contributed by atoms with Crippen LogP contribution in [0, 0.1) is 0 Å². The molecule has 1 aromatic rings. The highest BCUT2D eigenvalue weighted by atomic mass is 32.1. The normalized spacial score (nSPS) is 24.0. The lowest BCUT2D eigenvalue weighted by Crippen LogP contribution is -2.07. The van der Waals surface area contributed by atoms with Crippen LogP contribution in [-0.2, 0) is 0 Å². The molecule has 2 heterocycles. The third-order valence-electron chi connectivity index (χ3n) is 2.79. The van der Waals surface area contributed by atoms with Gasteiger partial charge in [0.2, 0.25) is 0 Å². The number of hydrogen-bond acceptors (Lipinski definition) is 4. The Labute approximate surface area is 88.7 Å². The molecule has 3 nitrogen and oxygen atoms in total. The largest absolute Gasteiger partial charge is 0.330 e. The van der Waals surface area contributed by atoms with Crippen molar-refractivity contribution in [1.82, 2.24) is 10.3 Å². The molecule has 0 bridgehead atoms. The number of aromatic nitrogens is 1. The van der Waals surface area contributed by atoms with Gasteiger partial charge >= 0.3 is 0 Å². The second-order valence-electron chi connectivity index (χ2n) is 3.93. The lowest BCUT2D eigenvalue weighted by molar-refractivity contribution is 0.754. The maximum atomic E-state index is 5.63. The first-order valence-corrected chi connectivity index (χ1v) is 5.99. The van der Waals surface area contributed by atoms with Crippen LogP contribution in [0.2, 0.25) is 0 Å². The fraction of sp³-hybridized carbons (Fsp3) is 0.700. The van der Waals surface area contributed by atoms with Crippen LogP contribution in [0.5, 0.6) is 0 Å². The monoisotopic (exact) mass is 211 g/mol. The van der Waals surface area contributed by atoms with E-state index in [2.05, 4.69) is 17.2 Å². The second-order valence-corrected chi connectivity index (χ2v) is 5.02. The van der Waals surface area contributed by atoms with E-state index in [4.69, 9.17) is 5.73 Å². The number of nitrogens with two attached hydrogens (primary N) is 1. The van der Waals surface area contributed by atoms with Crippen molar-refractivity contribution in [2.24, 2.45) is 5.73 Å². The number of hydrogen-bond donors (Lipinski definition) is 2. The number of thiazole rings is 1. The lowest BCUT2D eigenvalue weighted by Gasteiger charge is -2.04. The van der Waals surface area contributed by atoms with Crippen molar-refractivity contribution in [3.05, 3.63) is 16.1 Å². The van der Waals surface area contributed by atoms with E-state index in [1.165, 1.54) is 16.3 Å². The van der Waals surface area contributed by atoms with Crippen molar-refractivity contribution < 1.29 is 0 Å². The molecule has 78 valence electrons. The standard InChI is InChI=1S/C10H17N3S/c1-7(4-11)9-6-13-10(14-9)8-2-3-12-5-8/h6-8,12H,2-5,11H2,1H3. The molecule has 1 aliphatic rings. The molecule has 0 radical (unpaired) electrons. The summed E-state index contributed by atoms with van der Waals surface area (Å²) in [6.07, 6.45) is 3.22. The quantitative estimate of drug-likeness (QED) is 0.792. The lowest BCUT2D eigenvalue weighted by atomic mass is 10.1. The van der Waals surface area contributed by atoms with Gasteiger partial charge in [-0.15, -0.1) is 11.3 Å². The Morgan fingerprint density at radius 2 is 2.64 bits per heavy atom. The highest BCUT2D eigenvalue weighted by Crippen LogP contribution is 2.29. The molecule has 4 heteroatoms. The molecule has 14 heavy (non-hydrogen) atoms. The maximum Gasteiger partial charge on any atom is 0.0971 e. The Bertz CT molecular complexity index is 291. The summed E-state index contributed by atoms with van der Waals surface area (Å²) in [6, 6.07) is 0. The van der Waals surface area contributed by atoms with E-state index in [0.29, 0.717) is 18.4 Å². The molecule has 0 aliphatic carbocycles. The van der Waals surface area contributed by atoms with E-state index in [0.717, 1.165) is 13.1 Å². The van der Waals surface area contributed by atoms with Gasteiger partial charge in [-0.05, 0) is 19.5 Å². The summed E-state index contributed by atoms with van der Waals surface area (Å²) in [5.41, 5.74) is 5.63. The first-order chi connectivity index (χ1) is 6.81. The third kappa shape index (κ3) is 1.97. The molecular formula is C10H17N3S. The molecule has 0 saturated carbocycles. The van der Waals surface area contributed by atoms with Gasteiger partial charge in [-0.3, -0.25) is 0 Å². The van der Waals surface area contributed by atoms with Crippen LogP contribution in [0.3, 0.4) is 0 Å².